The SMILES string of the molecule is COC(=O)C12CC3CC(CC(NC(=O)Cn4ccc5ccccc54)(C3)C1)C2. The van der Waals surface area contributed by atoms with Crippen LogP contribution >= 0.6 is 0 Å². The van der Waals surface area contributed by atoms with Gasteiger partial charge in [-0.25, -0.2) is 0 Å². The predicted octanol–water partition coefficient (Wildman–Crippen LogP) is 3.27. The van der Waals surface area contributed by atoms with E-state index in [0.29, 0.717) is 18.4 Å². The van der Waals surface area contributed by atoms with Crippen LogP contribution in [0.3, 0.4) is 0 Å². The van der Waals surface area contributed by atoms with Crippen LogP contribution in [0.4, 0.5) is 0 Å². The first-order valence-corrected chi connectivity index (χ1v) is 9.94. The Morgan fingerprint density at radius 3 is 2.63 bits per heavy atom. The summed E-state index contributed by atoms with van der Waals surface area (Å²) in [7, 11) is 1.49. The van der Waals surface area contributed by atoms with Gasteiger partial charge in [0.25, 0.3) is 0 Å². The third-order valence-electron chi connectivity index (χ3n) is 7.08. The van der Waals surface area contributed by atoms with Crippen molar-refractivity contribution in [1.82, 2.24) is 9.88 Å². The number of nitrogens with zero attached hydrogens (tertiary/aromatic N) is 1. The van der Waals surface area contributed by atoms with Crippen LogP contribution in [0.2, 0.25) is 0 Å². The van der Waals surface area contributed by atoms with Gasteiger partial charge in [-0.2, -0.15) is 0 Å². The van der Waals surface area contributed by atoms with Gasteiger partial charge >= 0.3 is 5.97 Å². The second-order valence-electron chi connectivity index (χ2n) is 9.06. The molecule has 0 aliphatic heterocycles. The predicted molar refractivity (Wildman–Crippen MR) is 102 cm³/mol. The number of benzene rings is 1. The number of hydrogen-bond acceptors (Lipinski definition) is 3. The minimum Gasteiger partial charge on any atom is -0.469 e. The van der Waals surface area contributed by atoms with Gasteiger partial charge in [-0.1, -0.05) is 18.2 Å². The standard InChI is InChI=1S/C22H26N2O3/c1-27-20(26)21-9-15-8-16(10-21)12-22(11-15,14-21)23-19(25)13-24-7-6-17-4-2-3-5-18(17)24/h2-7,15-16H,8-14H2,1H3,(H,23,25). The number of ether oxygens (including phenoxy) is 1. The topological polar surface area (TPSA) is 60.3 Å². The summed E-state index contributed by atoms with van der Waals surface area (Å²) in [6, 6.07) is 10.1. The molecule has 142 valence electrons. The lowest BCUT2D eigenvalue weighted by molar-refractivity contribution is -0.173. The molecule has 4 bridgehead atoms. The van der Waals surface area contributed by atoms with E-state index in [0.717, 1.165) is 43.0 Å². The van der Waals surface area contributed by atoms with Gasteiger partial charge in [0.15, 0.2) is 0 Å². The maximum Gasteiger partial charge on any atom is 0.311 e. The number of fused-ring (bicyclic) bond motifs is 1. The van der Waals surface area contributed by atoms with Crippen molar-refractivity contribution in [3.8, 4) is 0 Å². The van der Waals surface area contributed by atoms with Crippen LogP contribution in [0, 0.1) is 17.3 Å². The van der Waals surface area contributed by atoms with Gasteiger partial charge in [0.2, 0.25) is 5.91 Å². The molecule has 27 heavy (non-hydrogen) atoms. The maximum absolute atomic E-state index is 12.9. The van der Waals surface area contributed by atoms with Crippen molar-refractivity contribution in [2.24, 2.45) is 17.3 Å². The molecule has 5 nitrogen and oxygen atoms in total. The summed E-state index contributed by atoms with van der Waals surface area (Å²) >= 11 is 0. The zero-order valence-electron chi connectivity index (χ0n) is 15.7. The summed E-state index contributed by atoms with van der Waals surface area (Å²) < 4.78 is 7.16. The first kappa shape index (κ1) is 16.8. The monoisotopic (exact) mass is 366 g/mol. The van der Waals surface area contributed by atoms with Gasteiger partial charge in [-0.15, -0.1) is 0 Å². The number of carbonyl (C=O) groups is 2. The number of hydrogen-bond donors (Lipinski definition) is 1. The second-order valence-corrected chi connectivity index (χ2v) is 9.06. The van der Waals surface area contributed by atoms with Crippen LogP contribution in [0.1, 0.15) is 38.5 Å². The molecule has 0 radical (unpaired) electrons. The molecule has 5 heteroatoms. The summed E-state index contributed by atoms with van der Waals surface area (Å²) in [5.41, 5.74) is 0.453. The first-order chi connectivity index (χ1) is 13.0. The Labute approximate surface area is 159 Å². The van der Waals surface area contributed by atoms with E-state index in [2.05, 4.69) is 11.4 Å². The number of esters is 1. The van der Waals surface area contributed by atoms with E-state index < -0.39 is 0 Å². The van der Waals surface area contributed by atoms with E-state index >= 15 is 0 Å². The summed E-state index contributed by atoms with van der Waals surface area (Å²) in [6.07, 6.45) is 7.75. The van der Waals surface area contributed by atoms with E-state index in [1.807, 2.05) is 35.0 Å². The highest BCUT2D eigenvalue weighted by Gasteiger charge is 2.61. The van der Waals surface area contributed by atoms with Crippen molar-refractivity contribution in [3.63, 3.8) is 0 Å². The highest BCUT2D eigenvalue weighted by Crippen LogP contribution is 2.62. The molecule has 2 unspecified atom stereocenters. The summed E-state index contributed by atoms with van der Waals surface area (Å²) in [5.74, 6) is 1.01. The summed E-state index contributed by atoms with van der Waals surface area (Å²) in [4.78, 5) is 25.5. The Bertz CT molecular complexity index is 901. The van der Waals surface area contributed by atoms with E-state index in [-0.39, 0.29) is 22.8 Å². The number of carbonyl (C=O) groups excluding carboxylic acids is 2. The quantitative estimate of drug-likeness (QED) is 0.845. The average molecular weight is 366 g/mol. The highest BCUT2D eigenvalue weighted by atomic mass is 16.5. The molecular formula is C22H26N2O3. The van der Waals surface area contributed by atoms with Gasteiger partial charge in [0, 0.05) is 17.3 Å². The van der Waals surface area contributed by atoms with Gasteiger partial charge in [-0.3, -0.25) is 9.59 Å². The molecule has 2 atom stereocenters. The van der Waals surface area contributed by atoms with Crippen molar-refractivity contribution in [3.05, 3.63) is 36.5 Å². The molecule has 0 saturated heterocycles. The number of rotatable bonds is 4. The zero-order chi connectivity index (χ0) is 18.6. The third-order valence-corrected chi connectivity index (χ3v) is 7.08. The Hall–Kier alpha value is -2.30. The number of para-hydroxylation sites is 1. The Morgan fingerprint density at radius 2 is 1.89 bits per heavy atom. The van der Waals surface area contributed by atoms with E-state index in [9.17, 15) is 9.59 Å². The van der Waals surface area contributed by atoms with Gasteiger partial charge in [0.1, 0.15) is 6.54 Å². The molecule has 4 aliphatic carbocycles. The maximum atomic E-state index is 12.9. The number of methoxy groups -OCH3 is 1. The van der Waals surface area contributed by atoms with Gasteiger partial charge in [0.05, 0.1) is 12.5 Å². The van der Waals surface area contributed by atoms with Crippen molar-refractivity contribution >= 4 is 22.8 Å². The molecule has 1 amide bonds. The van der Waals surface area contributed by atoms with Crippen molar-refractivity contribution in [1.29, 1.82) is 0 Å². The van der Waals surface area contributed by atoms with Crippen LogP contribution in [0.25, 0.3) is 10.9 Å². The Kier molecular flexibility index (Phi) is 3.65. The summed E-state index contributed by atoms with van der Waals surface area (Å²) in [6.45, 7) is 0.315. The molecule has 0 spiro atoms. The first-order valence-electron chi connectivity index (χ1n) is 9.94. The number of nitrogens with one attached hydrogen (secondary N) is 1. The van der Waals surface area contributed by atoms with Gasteiger partial charge < -0.3 is 14.6 Å². The van der Waals surface area contributed by atoms with Crippen LogP contribution in [-0.4, -0.2) is 29.1 Å². The van der Waals surface area contributed by atoms with Crippen LogP contribution < -0.4 is 5.32 Å². The molecule has 6 rings (SSSR count). The van der Waals surface area contributed by atoms with Crippen LogP contribution in [0.5, 0.6) is 0 Å². The fourth-order valence-electron chi connectivity index (χ4n) is 6.63. The number of amides is 1. The number of aromatic nitrogens is 1. The minimum atomic E-state index is -0.383. The molecule has 1 aromatic carbocycles. The van der Waals surface area contributed by atoms with E-state index in [1.54, 1.807) is 0 Å². The largest absolute Gasteiger partial charge is 0.469 e. The fourth-order valence-corrected chi connectivity index (χ4v) is 6.63. The molecule has 4 fully saturated rings. The van der Waals surface area contributed by atoms with Gasteiger partial charge in [-0.05, 0) is 67.9 Å². The fraction of sp³-hybridized carbons (Fsp3) is 0.545. The lowest BCUT2D eigenvalue weighted by Crippen LogP contribution is -2.65. The second kappa shape index (κ2) is 5.85. The van der Waals surface area contributed by atoms with E-state index in [4.69, 9.17) is 4.74 Å². The zero-order valence-corrected chi connectivity index (χ0v) is 15.7. The molecule has 1 heterocycles. The summed E-state index contributed by atoms with van der Waals surface area (Å²) in [5, 5.41) is 4.51. The Morgan fingerprint density at radius 1 is 1.15 bits per heavy atom. The molecule has 4 aliphatic rings. The van der Waals surface area contributed by atoms with E-state index in [1.165, 1.54) is 13.5 Å². The normalized spacial score (nSPS) is 34.0. The Balaban J connectivity index is 1.37. The van der Waals surface area contributed by atoms with Crippen molar-refractivity contribution in [2.75, 3.05) is 7.11 Å². The molecule has 1 N–H and O–H groups in total. The third kappa shape index (κ3) is 2.67. The smallest absolute Gasteiger partial charge is 0.311 e. The molecular weight excluding hydrogens is 340 g/mol. The van der Waals surface area contributed by atoms with Crippen LogP contribution in [-0.2, 0) is 20.9 Å². The lowest BCUT2D eigenvalue weighted by Gasteiger charge is -2.60. The van der Waals surface area contributed by atoms with Crippen molar-refractivity contribution < 1.29 is 14.3 Å². The molecule has 2 aromatic rings. The lowest BCUT2D eigenvalue weighted by atomic mass is 9.47. The van der Waals surface area contributed by atoms with Crippen LogP contribution in [0.15, 0.2) is 36.5 Å². The van der Waals surface area contributed by atoms with Crippen molar-refractivity contribution in [2.45, 2.75) is 50.6 Å². The molecule has 4 saturated carbocycles. The highest BCUT2D eigenvalue weighted by molar-refractivity contribution is 5.84. The molecule has 1 aromatic heterocycles. The minimum absolute atomic E-state index is 0.0401. The average Bonchev–Trinajstić information content (AvgIpc) is 3.02.